The van der Waals surface area contributed by atoms with Crippen molar-refractivity contribution in [1.82, 2.24) is 9.97 Å². The van der Waals surface area contributed by atoms with Crippen LogP contribution in [0, 0.1) is 5.92 Å². The molecule has 0 radical (unpaired) electrons. The van der Waals surface area contributed by atoms with Gasteiger partial charge in [-0.05, 0) is 18.2 Å². The van der Waals surface area contributed by atoms with E-state index in [-0.39, 0.29) is 23.4 Å². The monoisotopic (exact) mass is 382 g/mol. The number of aliphatic hydroxyl groups excluding tert-OH is 1. The number of nitrogens with zero attached hydrogens (tertiary/aromatic N) is 3. The number of aliphatic hydroxyl groups is 1. The highest BCUT2D eigenvalue weighted by Gasteiger charge is 2.32. The third kappa shape index (κ3) is 3.14. The van der Waals surface area contributed by atoms with E-state index in [2.05, 4.69) is 15.3 Å². The topological polar surface area (TPSA) is 144 Å². The molecule has 1 amide bonds. The summed E-state index contributed by atoms with van der Waals surface area (Å²) in [4.78, 5) is 23.3. The van der Waals surface area contributed by atoms with Gasteiger partial charge < -0.3 is 31.2 Å². The molecular formula is C19H22N6O3. The lowest BCUT2D eigenvalue weighted by molar-refractivity contribution is 0.0785. The number of pyridine rings is 2. The van der Waals surface area contributed by atoms with Crippen LogP contribution < -0.4 is 21.7 Å². The lowest BCUT2D eigenvalue weighted by Gasteiger charge is -2.40. The van der Waals surface area contributed by atoms with Gasteiger partial charge in [0.25, 0.3) is 5.91 Å². The molecule has 3 aromatic rings. The second-order valence-electron chi connectivity index (χ2n) is 7.08. The number of fused-ring (bicyclic) bond motifs is 1. The van der Waals surface area contributed by atoms with E-state index in [0.717, 1.165) is 5.69 Å². The molecule has 146 valence electrons. The molecule has 3 aromatic heterocycles. The van der Waals surface area contributed by atoms with Crippen molar-refractivity contribution < 1.29 is 14.3 Å². The molecule has 1 saturated heterocycles. The number of furan rings is 1. The Balaban J connectivity index is 1.64. The number of nitrogens with one attached hydrogen (secondary N) is 1. The predicted octanol–water partition coefficient (Wildman–Crippen LogP) is 1.20. The van der Waals surface area contributed by atoms with Gasteiger partial charge in [0.05, 0.1) is 23.7 Å². The Bertz CT molecular complexity index is 1010. The summed E-state index contributed by atoms with van der Waals surface area (Å²) in [6, 6.07) is 4.84. The molecule has 0 aromatic carbocycles. The highest BCUT2D eigenvalue weighted by molar-refractivity contribution is 6.15. The molecule has 0 aliphatic carbocycles. The van der Waals surface area contributed by atoms with Crippen LogP contribution in [-0.4, -0.2) is 46.2 Å². The first-order valence-electron chi connectivity index (χ1n) is 9.02. The maximum absolute atomic E-state index is 12.9. The number of hydrogen-bond donors (Lipinski definition) is 4. The van der Waals surface area contributed by atoms with Gasteiger partial charge in [-0.15, -0.1) is 0 Å². The van der Waals surface area contributed by atoms with Gasteiger partial charge in [0, 0.05) is 37.4 Å². The zero-order valence-electron chi connectivity index (χ0n) is 15.4. The number of amides is 1. The summed E-state index contributed by atoms with van der Waals surface area (Å²) in [7, 11) is 0. The van der Waals surface area contributed by atoms with E-state index in [1.807, 2.05) is 17.9 Å². The van der Waals surface area contributed by atoms with E-state index < -0.39 is 12.0 Å². The minimum absolute atomic E-state index is 0.00173. The Morgan fingerprint density at radius 2 is 2.18 bits per heavy atom. The molecule has 1 aliphatic heterocycles. The zero-order chi connectivity index (χ0) is 19.8. The Morgan fingerprint density at radius 1 is 1.36 bits per heavy atom. The van der Waals surface area contributed by atoms with Gasteiger partial charge in [-0.1, -0.05) is 6.92 Å². The SMILES string of the molecule is CC1CN(c2ccncc2NC(=O)c2c(N)oc3cccnc23)CC(N)C1O. The number of rotatable bonds is 3. The van der Waals surface area contributed by atoms with Crippen molar-refractivity contribution in [3.05, 3.63) is 42.4 Å². The Labute approximate surface area is 161 Å². The summed E-state index contributed by atoms with van der Waals surface area (Å²) in [5, 5.41) is 13.0. The van der Waals surface area contributed by atoms with Gasteiger partial charge in [-0.25, -0.2) is 0 Å². The first-order chi connectivity index (χ1) is 13.5. The van der Waals surface area contributed by atoms with Crippen molar-refractivity contribution in [3.8, 4) is 0 Å². The van der Waals surface area contributed by atoms with E-state index in [1.165, 1.54) is 0 Å². The smallest absolute Gasteiger partial charge is 0.263 e. The minimum atomic E-state index is -0.556. The maximum atomic E-state index is 12.9. The van der Waals surface area contributed by atoms with Gasteiger partial charge >= 0.3 is 0 Å². The Hall–Kier alpha value is -3.17. The first kappa shape index (κ1) is 18.2. The van der Waals surface area contributed by atoms with Gasteiger partial charge in [-0.3, -0.25) is 14.8 Å². The van der Waals surface area contributed by atoms with Crippen molar-refractivity contribution in [2.45, 2.75) is 19.1 Å². The van der Waals surface area contributed by atoms with Crippen LogP contribution in [0.2, 0.25) is 0 Å². The van der Waals surface area contributed by atoms with E-state index in [1.54, 1.807) is 30.7 Å². The first-order valence-corrected chi connectivity index (χ1v) is 9.02. The molecule has 4 rings (SSSR count). The van der Waals surface area contributed by atoms with Gasteiger partial charge in [-0.2, -0.15) is 0 Å². The van der Waals surface area contributed by atoms with E-state index >= 15 is 0 Å². The Morgan fingerprint density at radius 3 is 2.96 bits per heavy atom. The van der Waals surface area contributed by atoms with Gasteiger partial charge in [0.1, 0.15) is 11.1 Å². The number of nitrogens with two attached hydrogens (primary N) is 2. The van der Waals surface area contributed by atoms with Crippen LogP contribution in [0.5, 0.6) is 0 Å². The van der Waals surface area contributed by atoms with Gasteiger partial charge in [0.2, 0.25) is 5.88 Å². The molecule has 3 atom stereocenters. The van der Waals surface area contributed by atoms with Crippen molar-refractivity contribution in [1.29, 1.82) is 0 Å². The molecule has 3 unspecified atom stereocenters. The maximum Gasteiger partial charge on any atom is 0.263 e. The zero-order valence-corrected chi connectivity index (χ0v) is 15.4. The molecule has 4 heterocycles. The Kier molecular flexibility index (Phi) is 4.62. The fraction of sp³-hybridized carbons (Fsp3) is 0.316. The van der Waals surface area contributed by atoms with Crippen LogP contribution in [0.1, 0.15) is 17.3 Å². The average molecular weight is 382 g/mol. The number of anilines is 3. The summed E-state index contributed by atoms with van der Waals surface area (Å²) in [6.45, 7) is 3.02. The molecule has 9 nitrogen and oxygen atoms in total. The van der Waals surface area contributed by atoms with Crippen LogP contribution in [-0.2, 0) is 0 Å². The van der Waals surface area contributed by atoms with Crippen molar-refractivity contribution >= 4 is 34.3 Å². The number of carbonyl (C=O) groups excluding carboxylic acids is 1. The fourth-order valence-corrected chi connectivity index (χ4v) is 3.62. The minimum Gasteiger partial charge on any atom is -0.438 e. The van der Waals surface area contributed by atoms with Crippen LogP contribution in [0.4, 0.5) is 17.3 Å². The van der Waals surface area contributed by atoms with E-state index in [9.17, 15) is 9.90 Å². The van der Waals surface area contributed by atoms with Crippen molar-refractivity contribution in [2.75, 3.05) is 29.0 Å². The fourth-order valence-electron chi connectivity index (χ4n) is 3.62. The highest BCUT2D eigenvalue weighted by atomic mass is 16.3. The highest BCUT2D eigenvalue weighted by Crippen LogP contribution is 2.31. The quantitative estimate of drug-likeness (QED) is 0.529. The molecular weight excluding hydrogens is 360 g/mol. The molecule has 0 bridgehead atoms. The molecule has 6 N–H and O–H groups in total. The normalized spacial score (nSPS) is 22.4. The average Bonchev–Trinajstić information content (AvgIpc) is 3.02. The second kappa shape index (κ2) is 7.10. The number of piperidine rings is 1. The number of nitrogen functional groups attached to an aromatic ring is 1. The summed E-state index contributed by atoms with van der Waals surface area (Å²) >= 11 is 0. The molecule has 1 aliphatic rings. The van der Waals surface area contributed by atoms with Crippen LogP contribution in [0.25, 0.3) is 11.1 Å². The molecule has 0 saturated carbocycles. The van der Waals surface area contributed by atoms with E-state index in [4.69, 9.17) is 15.9 Å². The molecule has 1 fully saturated rings. The largest absolute Gasteiger partial charge is 0.438 e. The van der Waals surface area contributed by atoms with Crippen molar-refractivity contribution in [3.63, 3.8) is 0 Å². The van der Waals surface area contributed by atoms with E-state index in [0.29, 0.717) is 29.9 Å². The number of hydrogen-bond acceptors (Lipinski definition) is 8. The number of aromatic nitrogens is 2. The summed E-state index contributed by atoms with van der Waals surface area (Å²) in [6.07, 6.45) is 4.24. The number of carbonyl (C=O) groups is 1. The van der Waals surface area contributed by atoms with Crippen LogP contribution in [0.3, 0.4) is 0 Å². The summed E-state index contributed by atoms with van der Waals surface area (Å²) in [5.41, 5.74) is 14.3. The lowest BCUT2D eigenvalue weighted by Crippen LogP contribution is -2.55. The third-order valence-electron chi connectivity index (χ3n) is 5.05. The summed E-state index contributed by atoms with van der Waals surface area (Å²) < 4.78 is 5.43. The molecule has 0 spiro atoms. The van der Waals surface area contributed by atoms with Crippen LogP contribution in [0.15, 0.2) is 41.2 Å². The lowest BCUT2D eigenvalue weighted by atomic mass is 9.92. The standard InChI is InChI=1S/C19H22N6O3/c1-10-8-25(9-11(20)17(10)26)13-4-6-22-7-12(13)24-19(27)15-16-14(28-18(15)21)3-2-5-23-16/h2-7,10-11,17,26H,8-9,20-21H2,1H3,(H,24,27). The predicted molar refractivity (Wildman–Crippen MR) is 106 cm³/mol. The molecule has 28 heavy (non-hydrogen) atoms. The second-order valence-corrected chi connectivity index (χ2v) is 7.08. The molecule has 9 heteroatoms. The third-order valence-corrected chi connectivity index (χ3v) is 5.05. The van der Waals surface area contributed by atoms with Gasteiger partial charge in [0.15, 0.2) is 5.58 Å². The van der Waals surface area contributed by atoms with Crippen molar-refractivity contribution in [2.24, 2.45) is 11.7 Å². The van der Waals surface area contributed by atoms with Crippen LogP contribution >= 0.6 is 0 Å². The summed E-state index contributed by atoms with van der Waals surface area (Å²) in [5.74, 6) is -0.426.